The van der Waals surface area contributed by atoms with E-state index in [4.69, 9.17) is 16.0 Å². The Balaban J connectivity index is 2.16. The van der Waals surface area contributed by atoms with Crippen molar-refractivity contribution in [1.82, 2.24) is 4.90 Å². The molecular formula is C7H15N3O2. The zero-order valence-corrected chi connectivity index (χ0v) is 6.98. The van der Waals surface area contributed by atoms with Gasteiger partial charge in [0.05, 0.1) is 6.10 Å². The Morgan fingerprint density at radius 1 is 1.67 bits per heavy atom. The summed E-state index contributed by atoms with van der Waals surface area (Å²) in [7, 11) is 0. The summed E-state index contributed by atoms with van der Waals surface area (Å²) >= 11 is 0. The van der Waals surface area contributed by atoms with Crippen LogP contribution in [0.5, 0.6) is 0 Å². The fourth-order valence-corrected chi connectivity index (χ4v) is 1.34. The molecule has 0 spiro atoms. The second kappa shape index (κ2) is 4.27. The van der Waals surface area contributed by atoms with Gasteiger partial charge in [0, 0.05) is 26.1 Å². The lowest BCUT2D eigenvalue weighted by atomic mass is 10.3. The van der Waals surface area contributed by atoms with E-state index >= 15 is 0 Å². The molecule has 0 saturated carbocycles. The summed E-state index contributed by atoms with van der Waals surface area (Å²) in [6, 6.07) is 0. The lowest BCUT2D eigenvalue weighted by Gasteiger charge is -2.13. The van der Waals surface area contributed by atoms with Crippen LogP contribution in [-0.4, -0.2) is 46.8 Å². The molecule has 1 fully saturated rings. The van der Waals surface area contributed by atoms with Crippen LogP contribution in [0.4, 0.5) is 0 Å². The van der Waals surface area contributed by atoms with E-state index in [1.165, 1.54) is 0 Å². The third kappa shape index (κ3) is 2.67. The summed E-state index contributed by atoms with van der Waals surface area (Å²) in [5.74, 6) is 0.247. The van der Waals surface area contributed by atoms with Gasteiger partial charge in [-0.1, -0.05) is 5.16 Å². The van der Waals surface area contributed by atoms with Crippen LogP contribution >= 0.6 is 0 Å². The van der Waals surface area contributed by atoms with Gasteiger partial charge < -0.3 is 20.9 Å². The third-order valence-electron chi connectivity index (χ3n) is 2.06. The highest BCUT2D eigenvalue weighted by atomic mass is 16.4. The lowest BCUT2D eigenvalue weighted by molar-refractivity contribution is 0.177. The second-order valence-corrected chi connectivity index (χ2v) is 3.08. The first-order valence-electron chi connectivity index (χ1n) is 4.09. The largest absolute Gasteiger partial charge is 0.409 e. The Kier molecular flexibility index (Phi) is 3.31. The van der Waals surface area contributed by atoms with Gasteiger partial charge in [-0.05, 0) is 6.42 Å². The van der Waals surface area contributed by atoms with Gasteiger partial charge >= 0.3 is 0 Å². The normalized spacial score (nSPS) is 26.4. The van der Waals surface area contributed by atoms with E-state index in [0.29, 0.717) is 13.0 Å². The fraction of sp³-hybridized carbons (Fsp3) is 0.857. The van der Waals surface area contributed by atoms with Crippen LogP contribution in [0.25, 0.3) is 0 Å². The van der Waals surface area contributed by atoms with Crippen LogP contribution in [-0.2, 0) is 0 Å². The highest BCUT2D eigenvalue weighted by Crippen LogP contribution is 2.08. The van der Waals surface area contributed by atoms with E-state index in [1.807, 2.05) is 0 Å². The molecule has 70 valence electrons. The quantitative estimate of drug-likeness (QED) is 0.225. The summed E-state index contributed by atoms with van der Waals surface area (Å²) in [4.78, 5) is 2.10. The van der Waals surface area contributed by atoms with Crippen LogP contribution in [0.2, 0.25) is 0 Å². The Morgan fingerprint density at radius 2 is 2.42 bits per heavy atom. The SMILES string of the molecule is N/C(CCN1CCC(O)C1)=N\O. The molecule has 5 nitrogen and oxygen atoms in total. The maximum atomic E-state index is 9.17. The van der Waals surface area contributed by atoms with Crippen molar-refractivity contribution in [3.63, 3.8) is 0 Å². The van der Waals surface area contributed by atoms with Crippen molar-refractivity contribution in [1.29, 1.82) is 0 Å². The van der Waals surface area contributed by atoms with E-state index in [2.05, 4.69) is 10.1 Å². The first-order valence-corrected chi connectivity index (χ1v) is 4.09. The molecule has 0 amide bonds. The van der Waals surface area contributed by atoms with Gasteiger partial charge in [0.2, 0.25) is 0 Å². The molecule has 1 aliphatic heterocycles. The van der Waals surface area contributed by atoms with E-state index in [9.17, 15) is 0 Å². The zero-order chi connectivity index (χ0) is 8.97. The number of nitrogens with zero attached hydrogens (tertiary/aromatic N) is 2. The van der Waals surface area contributed by atoms with Crippen LogP contribution in [0.15, 0.2) is 5.16 Å². The third-order valence-corrected chi connectivity index (χ3v) is 2.06. The van der Waals surface area contributed by atoms with E-state index in [-0.39, 0.29) is 11.9 Å². The molecule has 1 atom stereocenters. The minimum atomic E-state index is -0.197. The number of likely N-dealkylation sites (tertiary alicyclic amines) is 1. The molecular weight excluding hydrogens is 158 g/mol. The van der Waals surface area contributed by atoms with Gasteiger partial charge in [-0.15, -0.1) is 0 Å². The number of aliphatic hydroxyl groups excluding tert-OH is 1. The molecule has 1 rings (SSSR count). The average molecular weight is 173 g/mol. The topological polar surface area (TPSA) is 82.1 Å². The van der Waals surface area contributed by atoms with Crippen molar-refractivity contribution in [3.05, 3.63) is 0 Å². The molecule has 1 unspecified atom stereocenters. The van der Waals surface area contributed by atoms with Gasteiger partial charge in [0.1, 0.15) is 5.84 Å². The van der Waals surface area contributed by atoms with Gasteiger partial charge in [0.15, 0.2) is 0 Å². The summed E-state index contributed by atoms with van der Waals surface area (Å²) in [5, 5.41) is 20.3. The number of aliphatic hydroxyl groups is 1. The van der Waals surface area contributed by atoms with Crippen molar-refractivity contribution in [2.75, 3.05) is 19.6 Å². The van der Waals surface area contributed by atoms with Gasteiger partial charge in [-0.2, -0.15) is 0 Å². The smallest absolute Gasteiger partial charge is 0.140 e. The van der Waals surface area contributed by atoms with Gasteiger partial charge in [-0.25, -0.2) is 0 Å². The molecule has 0 aliphatic carbocycles. The standard InChI is InChI=1S/C7H15N3O2/c8-7(9-12)2-4-10-3-1-6(11)5-10/h6,11-12H,1-5H2,(H2,8,9). The molecule has 1 heterocycles. The minimum absolute atomic E-state index is 0.197. The lowest BCUT2D eigenvalue weighted by Crippen LogP contribution is -2.27. The van der Waals surface area contributed by atoms with Gasteiger partial charge in [-0.3, -0.25) is 0 Å². The molecule has 0 aromatic rings. The fourth-order valence-electron chi connectivity index (χ4n) is 1.34. The van der Waals surface area contributed by atoms with Gasteiger partial charge in [0.25, 0.3) is 0 Å². The Morgan fingerprint density at radius 3 is 2.92 bits per heavy atom. The molecule has 1 aliphatic rings. The van der Waals surface area contributed by atoms with Crippen molar-refractivity contribution in [2.45, 2.75) is 18.9 Å². The molecule has 5 heteroatoms. The summed E-state index contributed by atoms with van der Waals surface area (Å²) < 4.78 is 0. The summed E-state index contributed by atoms with van der Waals surface area (Å²) in [6.45, 7) is 2.37. The number of amidine groups is 1. The molecule has 0 aromatic heterocycles. The summed E-state index contributed by atoms with van der Waals surface area (Å²) in [6.07, 6.45) is 1.19. The molecule has 4 N–H and O–H groups in total. The van der Waals surface area contributed by atoms with Crippen molar-refractivity contribution in [2.24, 2.45) is 10.9 Å². The van der Waals surface area contributed by atoms with Crippen molar-refractivity contribution in [3.8, 4) is 0 Å². The molecule has 1 saturated heterocycles. The van der Waals surface area contributed by atoms with Crippen LogP contribution in [0.3, 0.4) is 0 Å². The Bertz CT molecular complexity index is 172. The molecule has 12 heavy (non-hydrogen) atoms. The Labute approximate surface area is 71.5 Å². The van der Waals surface area contributed by atoms with E-state index in [0.717, 1.165) is 19.5 Å². The minimum Gasteiger partial charge on any atom is -0.409 e. The number of rotatable bonds is 3. The molecule has 0 aromatic carbocycles. The predicted molar refractivity (Wildman–Crippen MR) is 45.1 cm³/mol. The first-order chi connectivity index (χ1) is 5.72. The second-order valence-electron chi connectivity index (χ2n) is 3.08. The first kappa shape index (κ1) is 9.28. The number of β-amino-alcohol motifs (C(OH)–C–C–N with tert-alkyl or cyclic N) is 1. The highest BCUT2D eigenvalue weighted by Gasteiger charge is 2.19. The number of hydrogen-bond acceptors (Lipinski definition) is 4. The average Bonchev–Trinajstić information content (AvgIpc) is 2.47. The molecule has 0 radical (unpaired) electrons. The van der Waals surface area contributed by atoms with Crippen molar-refractivity contribution < 1.29 is 10.3 Å². The van der Waals surface area contributed by atoms with E-state index < -0.39 is 0 Å². The van der Waals surface area contributed by atoms with Crippen LogP contribution in [0, 0.1) is 0 Å². The van der Waals surface area contributed by atoms with Crippen LogP contribution < -0.4 is 5.73 Å². The zero-order valence-electron chi connectivity index (χ0n) is 6.98. The number of oxime groups is 1. The van der Waals surface area contributed by atoms with Crippen LogP contribution in [0.1, 0.15) is 12.8 Å². The Hall–Kier alpha value is -0.810. The maximum Gasteiger partial charge on any atom is 0.140 e. The number of nitrogens with two attached hydrogens (primary N) is 1. The monoisotopic (exact) mass is 173 g/mol. The predicted octanol–water partition coefficient (Wildman–Crippen LogP) is -0.810. The highest BCUT2D eigenvalue weighted by molar-refractivity contribution is 5.79. The maximum absolute atomic E-state index is 9.17. The summed E-state index contributed by atoms with van der Waals surface area (Å²) in [5.41, 5.74) is 5.30. The van der Waals surface area contributed by atoms with Crippen molar-refractivity contribution >= 4 is 5.84 Å². The molecule has 0 bridgehead atoms. The van der Waals surface area contributed by atoms with E-state index in [1.54, 1.807) is 0 Å². The number of hydrogen-bond donors (Lipinski definition) is 3.